The van der Waals surface area contributed by atoms with Gasteiger partial charge in [0.2, 0.25) is 0 Å². The van der Waals surface area contributed by atoms with Gasteiger partial charge in [0.1, 0.15) is 12.4 Å². The minimum atomic E-state index is -0.695. The van der Waals surface area contributed by atoms with Gasteiger partial charge in [0.15, 0.2) is 5.82 Å². The molecule has 50 heavy (non-hydrogen) atoms. The number of carboxylic acids is 1. The number of anilines is 2. The van der Waals surface area contributed by atoms with Gasteiger partial charge in [-0.3, -0.25) is 9.59 Å². The third kappa shape index (κ3) is 27.3. The predicted molar refractivity (Wildman–Crippen MR) is 210 cm³/mol. The van der Waals surface area contributed by atoms with E-state index in [1.807, 2.05) is 7.05 Å². The van der Waals surface area contributed by atoms with Crippen molar-refractivity contribution in [3.63, 3.8) is 0 Å². The van der Waals surface area contributed by atoms with Gasteiger partial charge < -0.3 is 25.4 Å². The van der Waals surface area contributed by atoms with E-state index in [4.69, 9.17) is 9.84 Å². The zero-order chi connectivity index (χ0) is 36.3. The summed E-state index contributed by atoms with van der Waals surface area (Å²) in [7, 11) is 1.88. The Morgan fingerprint density at radius 2 is 1.20 bits per heavy atom. The SMILES string of the molecule is CCCCCCCCC(CCCCCCCC)OC(=O)CCCCCCCN(CCCCCCCC(=O)O)CCCNc1ncncc1NC. The summed E-state index contributed by atoms with van der Waals surface area (Å²) < 4.78 is 6.04. The number of carboxylic acid groups (broad SMARTS) is 1. The highest BCUT2D eigenvalue weighted by Gasteiger charge is 2.14. The van der Waals surface area contributed by atoms with Gasteiger partial charge in [-0.05, 0) is 77.4 Å². The maximum atomic E-state index is 12.8. The lowest BCUT2D eigenvalue weighted by Crippen LogP contribution is -2.28. The van der Waals surface area contributed by atoms with Gasteiger partial charge in [0.05, 0.1) is 11.9 Å². The van der Waals surface area contributed by atoms with E-state index < -0.39 is 5.97 Å². The summed E-state index contributed by atoms with van der Waals surface area (Å²) in [4.78, 5) is 34.6. The Morgan fingerprint density at radius 1 is 0.700 bits per heavy atom. The first-order chi connectivity index (χ1) is 24.5. The first kappa shape index (κ1) is 45.6. The fraction of sp³-hybridized carbons (Fsp3) is 0.854. The van der Waals surface area contributed by atoms with Gasteiger partial charge in [-0.2, -0.15) is 0 Å². The van der Waals surface area contributed by atoms with Crippen molar-refractivity contribution >= 4 is 23.4 Å². The van der Waals surface area contributed by atoms with Crippen LogP contribution in [0.3, 0.4) is 0 Å². The fourth-order valence-corrected chi connectivity index (χ4v) is 6.59. The van der Waals surface area contributed by atoms with Crippen LogP contribution in [-0.4, -0.2) is 71.2 Å². The van der Waals surface area contributed by atoms with Crippen molar-refractivity contribution in [2.45, 2.75) is 193 Å². The van der Waals surface area contributed by atoms with Gasteiger partial charge in [-0.25, -0.2) is 9.97 Å². The number of rotatable bonds is 37. The molecule has 290 valence electrons. The molecule has 1 heterocycles. The molecule has 1 aromatic heterocycles. The van der Waals surface area contributed by atoms with Crippen molar-refractivity contribution in [1.29, 1.82) is 0 Å². The number of aromatic nitrogens is 2. The maximum Gasteiger partial charge on any atom is 0.306 e. The molecule has 3 N–H and O–H groups in total. The lowest BCUT2D eigenvalue weighted by Gasteiger charge is -2.22. The van der Waals surface area contributed by atoms with Crippen LogP contribution in [0, 0.1) is 0 Å². The van der Waals surface area contributed by atoms with E-state index >= 15 is 0 Å². The molecule has 0 aliphatic rings. The number of aliphatic carboxylic acids is 1. The molecule has 0 saturated heterocycles. The normalized spacial score (nSPS) is 11.4. The first-order valence-electron chi connectivity index (χ1n) is 20.8. The molecule has 0 spiro atoms. The summed E-state index contributed by atoms with van der Waals surface area (Å²) in [6, 6.07) is 0. The molecule has 0 aliphatic carbocycles. The largest absolute Gasteiger partial charge is 0.481 e. The molecular weight excluding hydrogens is 626 g/mol. The first-order valence-corrected chi connectivity index (χ1v) is 20.8. The Balaban J connectivity index is 2.35. The Kier molecular flexibility index (Phi) is 30.7. The highest BCUT2D eigenvalue weighted by atomic mass is 16.5. The molecule has 0 atom stereocenters. The van der Waals surface area contributed by atoms with E-state index in [-0.39, 0.29) is 18.5 Å². The Hall–Kier alpha value is -2.42. The van der Waals surface area contributed by atoms with Gasteiger partial charge in [-0.15, -0.1) is 0 Å². The molecule has 9 nitrogen and oxygen atoms in total. The zero-order valence-electron chi connectivity index (χ0n) is 32.7. The molecule has 0 amide bonds. The third-order valence-corrected chi connectivity index (χ3v) is 9.70. The van der Waals surface area contributed by atoms with Gasteiger partial charge >= 0.3 is 11.9 Å². The van der Waals surface area contributed by atoms with E-state index in [0.717, 1.165) is 108 Å². The van der Waals surface area contributed by atoms with Crippen LogP contribution in [0.15, 0.2) is 12.5 Å². The second-order valence-corrected chi connectivity index (χ2v) is 14.3. The van der Waals surface area contributed by atoms with E-state index in [1.165, 1.54) is 89.9 Å². The van der Waals surface area contributed by atoms with Crippen LogP contribution in [-0.2, 0) is 14.3 Å². The number of nitrogens with zero attached hydrogens (tertiary/aromatic N) is 3. The minimum absolute atomic E-state index is 0.0125. The van der Waals surface area contributed by atoms with Crippen LogP contribution in [0.1, 0.15) is 187 Å². The Bertz CT molecular complexity index is 918. The van der Waals surface area contributed by atoms with Crippen molar-refractivity contribution in [3.05, 3.63) is 12.5 Å². The third-order valence-electron chi connectivity index (χ3n) is 9.70. The standard InChI is InChI=1S/C41H77N5O4/c1-4-6-8-10-14-20-27-37(28-21-15-11-9-7-5-2)50-40(49)30-23-17-13-19-25-33-46(32-24-18-12-16-22-29-39(47)48)34-26-31-44-41-38(42-3)35-43-36-45-41/h35-37,42H,4-34H2,1-3H3,(H,47,48)(H,43,44,45). The summed E-state index contributed by atoms with van der Waals surface area (Å²) in [5.74, 6) is 0.156. The minimum Gasteiger partial charge on any atom is -0.481 e. The van der Waals surface area contributed by atoms with E-state index in [9.17, 15) is 9.59 Å². The monoisotopic (exact) mass is 704 g/mol. The molecular formula is C41H77N5O4. The lowest BCUT2D eigenvalue weighted by molar-refractivity contribution is -0.150. The van der Waals surface area contributed by atoms with Gasteiger partial charge in [0, 0.05) is 26.4 Å². The van der Waals surface area contributed by atoms with Crippen LogP contribution in [0.5, 0.6) is 0 Å². The molecule has 0 fully saturated rings. The molecule has 0 saturated carbocycles. The summed E-state index contributed by atoms with van der Waals surface area (Å²) in [6.45, 7) is 8.58. The van der Waals surface area contributed by atoms with Gasteiger partial charge in [-0.1, -0.05) is 117 Å². The topological polar surface area (TPSA) is 117 Å². The molecule has 9 heteroatoms. The predicted octanol–water partition coefficient (Wildman–Crippen LogP) is 10.8. The van der Waals surface area contributed by atoms with Crippen LogP contribution in [0.2, 0.25) is 0 Å². The molecule has 0 radical (unpaired) electrons. The number of esters is 1. The number of nitrogens with one attached hydrogen (secondary N) is 2. The summed E-state index contributed by atoms with van der Waals surface area (Å²) >= 11 is 0. The maximum absolute atomic E-state index is 12.8. The smallest absolute Gasteiger partial charge is 0.306 e. The highest BCUT2D eigenvalue weighted by molar-refractivity contribution is 5.69. The molecule has 1 rings (SSSR count). The number of hydrogen-bond acceptors (Lipinski definition) is 8. The van der Waals surface area contributed by atoms with Crippen molar-refractivity contribution in [1.82, 2.24) is 14.9 Å². The molecule has 1 aromatic rings. The second-order valence-electron chi connectivity index (χ2n) is 14.3. The number of carbonyl (C=O) groups is 2. The van der Waals surface area contributed by atoms with Crippen molar-refractivity contribution in [2.75, 3.05) is 43.9 Å². The molecule has 0 unspecified atom stereocenters. The van der Waals surface area contributed by atoms with E-state index in [0.29, 0.717) is 6.42 Å². The molecule has 0 bridgehead atoms. The molecule has 0 aliphatic heterocycles. The number of carbonyl (C=O) groups excluding carboxylic acids is 1. The van der Waals surface area contributed by atoms with Crippen LogP contribution in [0.4, 0.5) is 11.5 Å². The summed E-state index contributed by atoms with van der Waals surface area (Å²) in [6.07, 6.45) is 33.4. The quantitative estimate of drug-likeness (QED) is 0.0460. The Labute approximate surface area is 306 Å². The number of unbranched alkanes of at least 4 members (excludes halogenated alkanes) is 18. The van der Waals surface area contributed by atoms with Crippen LogP contribution < -0.4 is 10.6 Å². The summed E-state index contributed by atoms with van der Waals surface area (Å²) in [5, 5.41) is 15.4. The van der Waals surface area contributed by atoms with Crippen molar-refractivity contribution < 1.29 is 19.4 Å². The van der Waals surface area contributed by atoms with E-state index in [2.05, 4.69) is 39.3 Å². The average Bonchev–Trinajstić information content (AvgIpc) is 3.11. The lowest BCUT2D eigenvalue weighted by atomic mass is 10.0. The van der Waals surface area contributed by atoms with Gasteiger partial charge in [0.25, 0.3) is 0 Å². The average molecular weight is 704 g/mol. The number of hydrogen-bond donors (Lipinski definition) is 3. The summed E-state index contributed by atoms with van der Waals surface area (Å²) in [5.41, 5.74) is 0.904. The number of ether oxygens (including phenoxy) is 1. The van der Waals surface area contributed by atoms with Crippen LogP contribution in [0.25, 0.3) is 0 Å². The molecule has 0 aromatic carbocycles. The second kappa shape index (κ2) is 33.7. The van der Waals surface area contributed by atoms with E-state index in [1.54, 1.807) is 12.5 Å². The van der Waals surface area contributed by atoms with Crippen molar-refractivity contribution in [3.8, 4) is 0 Å². The Morgan fingerprint density at radius 3 is 1.76 bits per heavy atom. The highest BCUT2D eigenvalue weighted by Crippen LogP contribution is 2.19. The fourth-order valence-electron chi connectivity index (χ4n) is 6.59. The van der Waals surface area contributed by atoms with Crippen molar-refractivity contribution in [2.24, 2.45) is 0 Å². The zero-order valence-corrected chi connectivity index (χ0v) is 32.7. The van der Waals surface area contributed by atoms with Crippen LogP contribution >= 0.6 is 0 Å².